The molecule has 1 heterocycles. The van der Waals surface area contributed by atoms with E-state index in [-0.39, 0.29) is 0 Å². The zero-order chi connectivity index (χ0) is 10.1. The van der Waals surface area contributed by atoms with Crippen molar-refractivity contribution < 1.29 is 13.2 Å². The molecule has 0 spiro atoms. The maximum absolute atomic E-state index is 12.0. The van der Waals surface area contributed by atoms with E-state index >= 15 is 0 Å². The first-order valence-corrected chi connectivity index (χ1v) is 4.11. The molecule has 0 aromatic carbocycles. The van der Waals surface area contributed by atoms with Crippen LogP contribution in [0.5, 0.6) is 0 Å². The Kier molecular flexibility index (Phi) is 2.87. The van der Waals surface area contributed by atoms with Gasteiger partial charge in [0.25, 0.3) is 0 Å². The average molecular weight is 211 g/mol. The Morgan fingerprint density at radius 3 is 2.46 bits per heavy atom. The fourth-order valence-electron chi connectivity index (χ4n) is 0.671. The second-order valence-corrected chi connectivity index (χ2v) is 3.76. The minimum Gasteiger partial charge on any atom is -0.237 e. The number of hydrogen-bond donors (Lipinski definition) is 0. The van der Waals surface area contributed by atoms with E-state index in [0.29, 0.717) is 0 Å². The molecule has 0 aliphatic carbocycles. The minimum atomic E-state index is -4.36. The molecule has 7 heteroatoms. The highest BCUT2D eigenvalue weighted by Crippen LogP contribution is 2.27. The van der Waals surface area contributed by atoms with E-state index < -0.39 is 11.9 Å². The van der Waals surface area contributed by atoms with E-state index in [9.17, 15) is 13.2 Å². The topological polar surface area (TPSA) is 21.1 Å². The summed E-state index contributed by atoms with van der Waals surface area (Å²) in [6.07, 6.45) is -3.09. The lowest BCUT2D eigenvalue weighted by Crippen LogP contribution is -2.08. The predicted octanol–water partition coefficient (Wildman–Crippen LogP) is 1.87. The molecule has 74 valence electrons. The standard InChI is InChI=1S/C6H8F3N3S/c1-11(2)13-12-4-3-5(10-12)6(7,8)9/h3-4H,1-2H3. The second kappa shape index (κ2) is 3.59. The molecule has 0 atom stereocenters. The zero-order valence-electron chi connectivity index (χ0n) is 7.04. The summed E-state index contributed by atoms with van der Waals surface area (Å²) in [5.74, 6) is 0. The third-order valence-corrected chi connectivity index (χ3v) is 1.80. The number of aromatic nitrogens is 2. The van der Waals surface area contributed by atoms with Gasteiger partial charge in [-0.3, -0.25) is 0 Å². The van der Waals surface area contributed by atoms with Gasteiger partial charge in [0.05, 0.1) is 12.1 Å². The molecular weight excluding hydrogens is 203 g/mol. The summed E-state index contributed by atoms with van der Waals surface area (Å²) in [5, 5.41) is 3.33. The molecule has 0 bridgehead atoms. The van der Waals surface area contributed by atoms with Crippen LogP contribution in [0.4, 0.5) is 13.2 Å². The summed E-state index contributed by atoms with van der Waals surface area (Å²) in [7, 11) is 3.44. The van der Waals surface area contributed by atoms with E-state index in [1.807, 2.05) is 0 Å². The van der Waals surface area contributed by atoms with Crippen LogP contribution in [-0.4, -0.2) is 27.6 Å². The lowest BCUT2D eigenvalue weighted by atomic mass is 10.4. The number of rotatable bonds is 2. The van der Waals surface area contributed by atoms with Crippen LogP contribution < -0.4 is 0 Å². The molecule has 1 aromatic rings. The van der Waals surface area contributed by atoms with Crippen LogP contribution in [0.2, 0.25) is 0 Å². The van der Waals surface area contributed by atoms with Crippen molar-refractivity contribution in [1.29, 1.82) is 0 Å². The van der Waals surface area contributed by atoms with Crippen molar-refractivity contribution in [3.63, 3.8) is 0 Å². The first kappa shape index (κ1) is 10.4. The molecule has 0 fully saturated rings. The molecule has 0 saturated carbocycles. The van der Waals surface area contributed by atoms with Gasteiger partial charge in [-0.15, -0.1) is 0 Å². The molecule has 1 rings (SSSR count). The van der Waals surface area contributed by atoms with Gasteiger partial charge in [-0.1, -0.05) is 0 Å². The Morgan fingerprint density at radius 2 is 2.08 bits per heavy atom. The van der Waals surface area contributed by atoms with E-state index in [2.05, 4.69) is 5.10 Å². The number of halogens is 3. The second-order valence-electron chi connectivity index (χ2n) is 2.50. The van der Waals surface area contributed by atoms with Gasteiger partial charge >= 0.3 is 6.18 Å². The maximum atomic E-state index is 12.0. The molecule has 0 aliphatic heterocycles. The number of alkyl halides is 3. The van der Waals surface area contributed by atoms with Crippen LogP contribution >= 0.6 is 12.1 Å². The monoisotopic (exact) mass is 211 g/mol. The van der Waals surface area contributed by atoms with E-state index in [1.54, 1.807) is 18.4 Å². The number of nitrogens with zero attached hydrogens (tertiary/aromatic N) is 3. The van der Waals surface area contributed by atoms with Gasteiger partial charge in [0, 0.05) is 6.20 Å². The summed E-state index contributed by atoms with van der Waals surface area (Å²) in [5.41, 5.74) is -0.873. The lowest BCUT2D eigenvalue weighted by Gasteiger charge is -2.06. The van der Waals surface area contributed by atoms with Gasteiger partial charge in [0.2, 0.25) is 0 Å². The normalized spacial score (nSPS) is 12.5. The van der Waals surface area contributed by atoms with Gasteiger partial charge in [-0.25, -0.2) is 4.31 Å². The molecule has 0 N–H and O–H groups in total. The Balaban J connectivity index is 2.75. The van der Waals surface area contributed by atoms with Crippen molar-refractivity contribution >= 4 is 12.1 Å². The molecule has 0 unspecified atom stereocenters. The Morgan fingerprint density at radius 1 is 1.46 bits per heavy atom. The summed E-state index contributed by atoms with van der Waals surface area (Å²) in [4.78, 5) is 0. The lowest BCUT2D eigenvalue weighted by molar-refractivity contribution is -0.141. The van der Waals surface area contributed by atoms with Gasteiger partial charge in [-0.2, -0.15) is 22.4 Å². The third kappa shape index (κ3) is 2.92. The van der Waals surface area contributed by atoms with Crippen molar-refractivity contribution in [2.45, 2.75) is 6.18 Å². The zero-order valence-corrected chi connectivity index (χ0v) is 7.85. The minimum absolute atomic E-state index is 0.873. The third-order valence-electron chi connectivity index (χ3n) is 1.10. The predicted molar refractivity (Wildman–Crippen MR) is 43.9 cm³/mol. The van der Waals surface area contributed by atoms with Crippen LogP contribution in [-0.2, 0) is 6.18 Å². The maximum Gasteiger partial charge on any atom is 0.435 e. The average Bonchev–Trinajstić information content (AvgIpc) is 2.32. The van der Waals surface area contributed by atoms with Gasteiger partial charge in [0.15, 0.2) is 5.69 Å². The van der Waals surface area contributed by atoms with Crippen LogP contribution in [0.15, 0.2) is 12.3 Å². The Hall–Kier alpha value is -0.690. The number of hydrogen-bond acceptors (Lipinski definition) is 3. The van der Waals surface area contributed by atoms with Crippen molar-refractivity contribution in [2.75, 3.05) is 14.1 Å². The molecule has 0 radical (unpaired) electrons. The fourth-order valence-corrected chi connectivity index (χ4v) is 1.25. The first-order valence-electron chi connectivity index (χ1n) is 3.38. The highest BCUT2D eigenvalue weighted by atomic mass is 32.2. The SMILES string of the molecule is CN(C)Sn1ccc(C(F)(F)F)n1. The highest BCUT2D eigenvalue weighted by molar-refractivity contribution is 7.95. The molecule has 0 amide bonds. The van der Waals surface area contributed by atoms with Crippen molar-refractivity contribution in [3.05, 3.63) is 18.0 Å². The highest BCUT2D eigenvalue weighted by Gasteiger charge is 2.33. The van der Waals surface area contributed by atoms with Crippen LogP contribution in [0, 0.1) is 0 Å². The van der Waals surface area contributed by atoms with Gasteiger partial charge < -0.3 is 0 Å². The van der Waals surface area contributed by atoms with E-state index in [4.69, 9.17) is 0 Å². The Labute approximate surface area is 77.8 Å². The van der Waals surface area contributed by atoms with Gasteiger partial charge in [0.1, 0.15) is 0 Å². The quantitative estimate of drug-likeness (QED) is 0.697. The van der Waals surface area contributed by atoms with Crippen LogP contribution in [0.1, 0.15) is 5.69 Å². The van der Waals surface area contributed by atoms with E-state index in [0.717, 1.165) is 22.3 Å². The first-order chi connectivity index (χ1) is 5.89. The largest absolute Gasteiger partial charge is 0.435 e. The Bertz CT molecular complexity index is 281. The summed E-state index contributed by atoms with van der Waals surface area (Å²) < 4.78 is 38.9. The van der Waals surface area contributed by atoms with E-state index in [1.165, 1.54) is 6.20 Å². The van der Waals surface area contributed by atoms with Crippen molar-refractivity contribution in [2.24, 2.45) is 0 Å². The molecule has 0 saturated heterocycles. The molecular formula is C6H8F3N3S. The molecule has 3 nitrogen and oxygen atoms in total. The fraction of sp³-hybridized carbons (Fsp3) is 0.500. The summed E-state index contributed by atoms with van der Waals surface area (Å²) >= 11 is 1.07. The molecule has 0 aliphatic rings. The molecule has 13 heavy (non-hydrogen) atoms. The summed E-state index contributed by atoms with van der Waals surface area (Å²) in [6.45, 7) is 0. The van der Waals surface area contributed by atoms with Crippen molar-refractivity contribution in [3.8, 4) is 0 Å². The summed E-state index contributed by atoms with van der Waals surface area (Å²) in [6, 6.07) is 0.941. The smallest absolute Gasteiger partial charge is 0.237 e. The molecule has 1 aromatic heterocycles. The van der Waals surface area contributed by atoms with Gasteiger partial charge in [-0.05, 0) is 20.2 Å². The van der Waals surface area contributed by atoms with Crippen LogP contribution in [0.25, 0.3) is 0 Å². The van der Waals surface area contributed by atoms with Crippen LogP contribution in [0.3, 0.4) is 0 Å². The van der Waals surface area contributed by atoms with Crippen molar-refractivity contribution in [1.82, 2.24) is 13.5 Å².